The second-order valence-electron chi connectivity index (χ2n) is 6.14. The van der Waals surface area contributed by atoms with Gasteiger partial charge >= 0.3 is 5.97 Å². The molecule has 1 aromatic carbocycles. The molecule has 0 fully saturated rings. The molecule has 0 aliphatic heterocycles. The maximum Gasteiger partial charge on any atom is 0.328 e. The zero-order chi connectivity index (χ0) is 19.8. The van der Waals surface area contributed by atoms with Crippen molar-refractivity contribution in [1.82, 2.24) is 15.3 Å². The average Bonchev–Trinajstić information content (AvgIpc) is 2.69. The van der Waals surface area contributed by atoms with Crippen LogP contribution in [0.25, 0.3) is 10.9 Å². The standard InChI is InChI=1S/C19H26N4O3S/c1-5-12(3)16(18(25)26-4)22-15(24)11-27-19-21-14-10-8-7-9-13(14)17(23-19)20-6-2/h7-10,12,16H,5-6,11H2,1-4H3,(H,22,24)(H,20,21,23). The number of anilines is 1. The van der Waals surface area contributed by atoms with Gasteiger partial charge in [-0.2, -0.15) is 0 Å². The summed E-state index contributed by atoms with van der Waals surface area (Å²) in [6.07, 6.45) is 0.757. The smallest absolute Gasteiger partial charge is 0.328 e. The molecule has 2 rings (SSSR count). The number of carbonyl (C=O) groups excluding carboxylic acids is 2. The number of thioether (sulfide) groups is 1. The molecule has 146 valence electrons. The van der Waals surface area contributed by atoms with Crippen LogP contribution in [-0.2, 0) is 14.3 Å². The minimum atomic E-state index is -0.650. The van der Waals surface area contributed by atoms with Crippen molar-refractivity contribution >= 4 is 40.4 Å². The number of fused-ring (bicyclic) bond motifs is 1. The number of esters is 1. The third-order valence-corrected chi connectivity index (χ3v) is 5.09. The Kier molecular flexibility index (Phi) is 7.84. The fourth-order valence-electron chi connectivity index (χ4n) is 2.56. The van der Waals surface area contributed by atoms with E-state index in [1.54, 1.807) is 0 Å². The number of nitrogens with zero attached hydrogens (tertiary/aromatic N) is 2. The van der Waals surface area contributed by atoms with Crippen molar-refractivity contribution in [3.8, 4) is 0 Å². The Morgan fingerprint density at radius 2 is 1.96 bits per heavy atom. The summed E-state index contributed by atoms with van der Waals surface area (Å²) in [5.41, 5.74) is 0.818. The predicted molar refractivity (Wildman–Crippen MR) is 108 cm³/mol. The number of benzene rings is 1. The predicted octanol–water partition coefficient (Wildman–Crippen LogP) is 2.86. The maximum absolute atomic E-state index is 12.3. The Hall–Kier alpha value is -2.35. The average molecular weight is 391 g/mol. The monoisotopic (exact) mass is 390 g/mol. The molecule has 0 saturated heterocycles. The lowest BCUT2D eigenvalue weighted by Crippen LogP contribution is -2.46. The Balaban J connectivity index is 2.09. The van der Waals surface area contributed by atoms with Crippen molar-refractivity contribution in [2.75, 3.05) is 24.7 Å². The van der Waals surface area contributed by atoms with Crippen molar-refractivity contribution < 1.29 is 14.3 Å². The van der Waals surface area contributed by atoms with Crippen LogP contribution < -0.4 is 10.6 Å². The van der Waals surface area contributed by atoms with Crippen LogP contribution in [-0.4, -0.2) is 47.3 Å². The first-order valence-corrected chi connectivity index (χ1v) is 9.99. The van der Waals surface area contributed by atoms with E-state index in [1.807, 2.05) is 45.0 Å². The number of rotatable bonds is 9. The van der Waals surface area contributed by atoms with Gasteiger partial charge in [0.2, 0.25) is 5.91 Å². The number of methoxy groups -OCH3 is 1. The molecule has 2 N–H and O–H groups in total. The third kappa shape index (κ3) is 5.56. The molecular weight excluding hydrogens is 364 g/mol. The molecule has 8 heteroatoms. The fraction of sp³-hybridized carbons (Fsp3) is 0.474. The van der Waals surface area contributed by atoms with Crippen LogP contribution in [0.15, 0.2) is 29.4 Å². The number of hydrogen-bond donors (Lipinski definition) is 2. The molecule has 2 unspecified atom stereocenters. The molecule has 1 amide bonds. The number of nitrogens with one attached hydrogen (secondary N) is 2. The highest BCUT2D eigenvalue weighted by atomic mass is 32.2. The van der Waals surface area contributed by atoms with E-state index in [0.29, 0.717) is 5.16 Å². The van der Waals surface area contributed by atoms with Gasteiger partial charge in [0.1, 0.15) is 11.9 Å². The number of para-hydroxylation sites is 1. The highest BCUT2D eigenvalue weighted by Gasteiger charge is 2.26. The molecule has 2 atom stereocenters. The van der Waals surface area contributed by atoms with Crippen molar-refractivity contribution in [2.24, 2.45) is 5.92 Å². The maximum atomic E-state index is 12.3. The zero-order valence-corrected chi connectivity index (χ0v) is 16.9. The van der Waals surface area contributed by atoms with Crippen LogP contribution >= 0.6 is 11.8 Å². The normalized spacial score (nSPS) is 13.0. The number of hydrogen-bond acceptors (Lipinski definition) is 7. The molecule has 1 heterocycles. The summed E-state index contributed by atoms with van der Waals surface area (Å²) in [7, 11) is 1.32. The van der Waals surface area contributed by atoms with E-state index in [9.17, 15) is 9.59 Å². The van der Waals surface area contributed by atoms with Crippen LogP contribution in [0, 0.1) is 5.92 Å². The summed E-state index contributed by atoms with van der Waals surface area (Å²) in [6.45, 7) is 6.61. The minimum Gasteiger partial charge on any atom is -0.467 e. The summed E-state index contributed by atoms with van der Waals surface area (Å²) in [4.78, 5) is 33.3. The first-order chi connectivity index (χ1) is 13.0. The van der Waals surface area contributed by atoms with Gasteiger partial charge in [-0.05, 0) is 25.0 Å². The van der Waals surface area contributed by atoms with Crippen molar-refractivity contribution in [1.29, 1.82) is 0 Å². The molecule has 0 bridgehead atoms. The van der Waals surface area contributed by atoms with Crippen LogP contribution in [0.3, 0.4) is 0 Å². The number of carbonyl (C=O) groups is 2. The molecule has 1 aromatic heterocycles. The van der Waals surface area contributed by atoms with E-state index in [2.05, 4.69) is 20.6 Å². The second-order valence-corrected chi connectivity index (χ2v) is 7.09. The molecule has 2 aromatic rings. The summed E-state index contributed by atoms with van der Waals surface area (Å²) in [5.74, 6) is 0.173. The topological polar surface area (TPSA) is 93.2 Å². The quantitative estimate of drug-likeness (QED) is 0.386. The van der Waals surface area contributed by atoms with E-state index >= 15 is 0 Å². The van der Waals surface area contributed by atoms with Gasteiger partial charge in [0.25, 0.3) is 0 Å². The van der Waals surface area contributed by atoms with Crippen LogP contribution in [0.1, 0.15) is 27.2 Å². The molecule has 0 radical (unpaired) electrons. The van der Waals surface area contributed by atoms with Crippen molar-refractivity contribution in [2.45, 2.75) is 38.4 Å². The molecule has 0 aliphatic carbocycles. The lowest BCUT2D eigenvalue weighted by Gasteiger charge is -2.21. The van der Waals surface area contributed by atoms with Crippen LogP contribution in [0.4, 0.5) is 5.82 Å². The lowest BCUT2D eigenvalue weighted by molar-refractivity contribution is -0.146. The Morgan fingerprint density at radius 1 is 1.22 bits per heavy atom. The SMILES string of the molecule is CCNc1nc(SCC(=O)NC(C(=O)OC)C(C)CC)nc2ccccc12. The highest BCUT2D eigenvalue weighted by Crippen LogP contribution is 2.24. The summed E-state index contributed by atoms with van der Waals surface area (Å²) < 4.78 is 4.80. The van der Waals surface area contributed by atoms with Gasteiger partial charge in [0.15, 0.2) is 5.16 Å². The number of aromatic nitrogens is 2. The Morgan fingerprint density at radius 3 is 2.63 bits per heavy atom. The zero-order valence-electron chi connectivity index (χ0n) is 16.1. The largest absolute Gasteiger partial charge is 0.467 e. The second kappa shape index (κ2) is 10.1. The van der Waals surface area contributed by atoms with Gasteiger partial charge in [-0.25, -0.2) is 14.8 Å². The summed E-state index contributed by atoms with van der Waals surface area (Å²) >= 11 is 1.24. The van der Waals surface area contributed by atoms with Gasteiger partial charge in [0, 0.05) is 11.9 Å². The molecule has 0 spiro atoms. The summed E-state index contributed by atoms with van der Waals surface area (Å²) in [6, 6.07) is 7.08. The first kappa shape index (κ1) is 21.0. The van der Waals surface area contributed by atoms with Crippen molar-refractivity contribution in [3.05, 3.63) is 24.3 Å². The first-order valence-electron chi connectivity index (χ1n) is 9.00. The molecule has 7 nitrogen and oxygen atoms in total. The number of amides is 1. The van der Waals surface area contributed by atoms with Gasteiger partial charge in [0.05, 0.1) is 18.4 Å². The van der Waals surface area contributed by atoms with Gasteiger partial charge in [-0.3, -0.25) is 4.79 Å². The molecular formula is C19H26N4O3S. The van der Waals surface area contributed by atoms with Crippen molar-refractivity contribution in [3.63, 3.8) is 0 Å². The summed E-state index contributed by atoms with van der Waals surface area (Å²) in [5, 5.41) is 7.44. The molecule has 0 aliphatic rings. The molecule has 0 saturated carbocycles. The van der Waals surface area contributed by atoms with Gasteiger partial charge < -0.3 is 15.4 Å². The third-order valence-electron chi connectivity index (χ3n) is 4.24. The minimum absolute atomic E-state index is 0.0105. The van der Waals surface area contributed by atoms with Crippen LogP contribution in [0.5, 0.6) is 0 Å². The van der Waals surface area contributed by atoms with E-state index in [4.69, 9.17) is 4.74 Å². The van der Waals surface area contributed by atoms with Gasteiger partial charge in [-0.15, -0.1) is 0 Å². The Labute approximate surface area is 163 Å². The lowest BCUT2D eigenvalue weighted by atomic mass is 9.99. The molecule has 27 heavy (non-hydrogen) atoms. The highest BCUT2D eigenvalue weighted by molar-refractivity contribution is 7.99. The van der Waals surface area contributed by atoms with E-state index in [0.717, 1.165) is 29.7 Å². The van der Waals surface area contributed by atoms with E-state index in [1.165, 1.54) is 18.9 Å². The van der Waals surface area contributed by atoms with E-state index < -0.39 is 12.0 Å². The number of ether oxygens (including phenoxy) is 1. The van der Waals surface area contributed by atoms with Gasteiger partial charge in [-0.1, -0.05) is 44.2 Å². The van der Waals surface area contributed by atoms with E-state index in [-0.39, 0.29) is 17.6 Å². The van der Waals surface area contributed by atoms with Crippen LogP contribution in [0.2, 0.25) is 0 Å². The fourth-order valence-corrected chi connectivity index (χ4v) is 3.23. The Bertz CT molecular complexity index is 800.